The van der Waals surface area contributed by atoms with Crippen LogP contribution in [-0.2, 0) is 0 Å². The van der Waals surface area contributed by atoms with E-state index < -0.39 is 0 Å². The molecule has 3 nitrogen and oxygen atoms in total. The smallest absolute Gasteiger partial charge is 0.164 e. The number of Topliss-reactive ketones (excluding diaryl/α,β-unsaturated/α-hetero) is 1. The van der Waals surface area contributed by atoms with Crippen LogP contribution in [0.4, 0.5) is 0 Å². The van der Waals surface area contributed by atoms with Crippen LogP contribution in [0.15, 0.2) is 24.3 Å². The highest BCUT2D eigenvalue weighted by Crippen LogP contribution is 2.23. The molecule has 2 heterocycles. The molecular formula is C17H25ClN2O. The first-order chi connectivity index (χ1) is 9.83. The molecule has 2 aliphatic rings. The van der Waals surface area contributed by atoms with Crippen LogP contribution in [0, 0.1) is 0 Å². The lowest BCUT2D eigenvalue weighted by molar-refractivity contribution is 0.0958. The number of hydrogen-bond acceptors (Lipinski definition) is 3. The molecule has 0 amide bonds. The van der Waals surface area contributed by atoms with E-state index in [0.29, 0.717) is 12.5 Å². The van der Waals surface area contributed by atoms with Gasteiger partial charge in [0.15, 0.2) is 5.78 Å². The lowest BCUT2D eigenvalue weighted by Gasteiger charge is -2.28. The number of halogens is 1. The van der Waals surface area contributed by atoms with Crippen molar-refractivity contribution in [2.75, 3.05) is 26.2 Å². The molecule has 2 aliphatic heterocycles. The minimum atomic E-state index is 0. The van der Waals surface area contributed by atoms with Crippen molar-refractivity contribution in [1.29, 1.82) is 0 Å². The zero-order chi connectivity index (χ0) is 13.8. The van der Waals surface area contributed by atoms with Gasteiger partial charge in [-0.1, -0.05) is 30.7 Å². The number of carbonyl (C=O) groups is 1. The van der Waals surface area contributed by atoms with Gasteiger partial charge in [-0.15, -0.1) is 12.4 Å². The van der Waals surface area contributed by atoms with Crippen molar-refractivity contribution >= 4 is 18.2 Å². The fourth-order valence-corrected chi connectivity index (χ4v) is 3.06. The lowest BCUT2D eigenvalue weighted by Crippen LogP contribution is -2.34. The van der Waals surface area contributed by atoms with Crippen molar-refractivity contribution in [3.8, 4) is 0 Å². The minimum Gasteiger partial charge on any atom is -0.310 e. The molecule has 0 spiro atoms. The molecule has 1 N–H and O–H groups in total. The third kappa shape index (κ3) is 4.29. The van der Waals surface area contributed by atoms with Gasteiger partial charge in [-0.25, -0.2) is 0 Å². The van der Waals surface area contributed by atoms with Gasteiger partial charge >= 0.3 is 0 Å². The Bertz CT molecular complexity index is 450. The number of carbonyl (C=O) groups excluding carboxylic acids is 1. The van der Waals surface area contributed by atoms with Crippen molar-refractivity contribution in [3.63, 3.8) is 0 Å². The Kier molecular flexibility index (Phi) is 6.22. The van der Waals surface area contributed by atoms with E-state index in [0.717, 1.165) is 18.7 Å². The molecule has 0 aliphatic carbocycles. The molecule has 1 aromatic carbocycles. The highest BCUT2D eigenvalue weighted by atomic mass is 35.5. The monoisotopic (exact) mass is 308 g/mol. The molecule has 0 saturated carbocycles. The number of hydrogen-bond donors (Lipinski definition) is 1. The number of rotatable bonds is 5. The topological polar surface area (TPSA) is 32.3 Å². The number of nitrogens with zero attached hydrogens (tertiary/aromatic N) is 1. The van der Waals surface area contributed by atoms with Gasteiger partial charge in [0.1, 0.15) is 0 Å². The summed E-state index contributed by atoms with van der Waals surface area (Å²) < 4.78 is 0. The fourth-order valence-electron chi connectivity index (χ4n) is 3.06. The van der Waals surface area contributed by atoms with Gasteiger partial charge < -0.3 is 10.2 Å². The zero-order valence-corrected chi connectivity index (χ0v) is 13.3. The van der Waals surface area contributed by atoms with Crippen molar-refractivity contribution in [2.24, 2.45) is 0 Å². The Morgan fingerprint density at radius 1 is 1.14 bits per heavy atom. The molecule has 0 aromatic heterocycles. The summed E-state index contributed by atoms with van der Waals surface area (Å²) in [7, 11) is 0. The second-order valence-corrected chi connectivity index (χ2v) is 5.99. The number of likely N-dealkylation sites (tertiary alicyclic amines) is 1. The Balaban J connectivity index is 0.00000161. The molecule has 1 atom stereocenters. The summed E-state index contributed by atoms with van der Waals surface area (Å²) in [6.45, 7) is 4.37. The Labute approximate surface area is 133 Å². The highest BCUT2D eigenvalue weighted by Gasteiger charge is 2.18. The Morgan fingerprint density at radius 3 is 2.38 bits per heavy atom. The van der Waals surface area contributed by atoms with E-state index in [-0.39, 0.29) is 18.2 Å². The SMILES string of the molecule is Cl.O=C(CCN1CCCCC1)c1ccc(C2CCN2)cc1. The second kappa shape index (κ2) is 7.92. The first-order valence-electron chi connectivity index (χ1n) is 7.92. The number of piperidine rings is 1. The normalized spacial score (nSPS) is 22.2. The predicted molar refractivity (Wildman–Crippen MR) is 88.3 cm³/mol. The Morgan fingerprint density at radius 2 is 1.81 bits per heavy atom. The van der Waals surface area contributed by atoms with Gasteiger partial charge in [-0.3, -0.25) is 4.79 Å². The molecule has 1 unspecified atom stereocenters. The van der Waals surface area contributed by atoms with E-state index in [9.17, 15) is 4.79 Å². The van der Waals surface area contributed by atoms with Gasteiger partial charge in [-0.2, -0.15) is 0 Å². The van der Waals surface area contributed by atoms with Crippen LogP contribution in [0.3, 0.4) is 0 Å². The van der Waals surface area contributed by atoms with Crippen molar-refractivity contribution < 1.29 is 4.79 Å². The van der Waals surface area contributed by atoms with Crippen LogP contribution in [0.5, 0.6) is 0 Å². The molecule has 2 fully saturated rings. The van der Waals surface area contributed by atoms with Crippen LogP contribution in [0.2, 0.25) is 0 Å². The van der Waals surface area contributed by atoms with Gasteiger partial charge in [0.2, 0.25) is 0 Å². The number of ketones is 1. The maximum atomic E-state index is 12.2. The van der Waals surface area contributed by atoms with Crippen molar-refractivity contribution in [2.45, 2.75) is 38.1 Å². The van der Waals surface area contributed by atoms with Crippen LogP contribution in [0.25, 0.3) is 0 Å². The summed E-state index contributed by atoms with van der Waals surface area (Å²) in [5.74, 6) is 0.281. The lowest BCUT2D eigenvalue weighted by atomic mass is 9.96. The van der Waals surface area contributed by atoms with E-state index in [2.05, 4.69) is 22.3 Å². The third-order valence-corrected chi connectivity index (χ3v) is 4.56. The molecular weight excluding hydrogens is 284 g/mol. The number of benzene rings is 1. The van der Waals surface area contributed by atoms with Crippen molar-refractivity contribution in [1.82, 2.24) is 10.2 Å². The average Bonchev–Trinajstić information content (AvgIpc) is 2.45. The molecule has 0 radical (unpaired) electrons. The van der Waals surface area contributed by atoms with Crippen LogP contribution in [-0.4, -0.2) is 36.9 Å². The van der Waals surface area contributed by atoms with Gasteiger partial charge in [-0.05, 0) is 44.5 Å². The van der Waals surface area contributed by atoms with Crippen LogP contribution in [0.1, 0.15) is 54.1 Å². The van der Waals surface area contributed by atoms with Gasteiger partial charge in [0, 0.05) is 24.6 Å². The summed E-state index contributed by atoms with van der Waals surface area (Å²) >= 11 is 0. The van der Waals surface area contributed by atoms with E-state index in [1.54, 1.807) is 0 Å². The molecule has 1 aromatic rings. The first kappa shape index (κ1) is 16.5. The largest absolute Gasteiger partial charge is 0.310 e. The third-order valence-electron chi connectivity index (χ3n) is 4.56. The second-order valence-electron chi connectivity index (χ2n) is 5.99. The highest BCUT2D eigenvalue weighted by molar-refractivity contribution is 5.96. The van der Waals surface area contributed by atoms with Crippen LogP contribution >= 0.6 is 12.4 Å². The first-order valence-corrected chi connectivity index (χ1v) is 7.92. The zero-order valence-electron chi connectivity index (χ0n) is 12.5. The standard InChI is InChI=1S/C17H24N2O.ClH/c20-17(9-13-19-11-2-1-3-12-19)15-6-4-14(5-7-15)16-8-10-18-16;/h4-7,16,18H,1-3,8-13H2;1H. The van der Waals surface area contributed by atoms with E-state index >= 15 is 0 Å². The summed E-state index contributed by atoms with van der Waals surface area (Å²) in [4.78, 5) is 14.6. The number of nitrogens with one attached hydrogen (secondary N) is 1. The summed E-state index contributed by atoms with van der Waals surface area (Å²) in [6.07, 6.45) is 5.79. The maximum absolute atomic E-state index is 12.2. The molecule has 116 valence electrons. The predicted octanol–water partition coefficient (Wildman–Crippen LogP) is 3.20. The molecule has 4 heteroatoms. The van der Waals surface area contributed by atoms with Gasteiger partial charge in [0.25, 0.3) is 0 Å². The molecule has 21 heavy (non-hydrogen) atoms. The van der Waals surface area contributed by atoms with E-state index in [1.807, 2.05) is 12.1 Å². The molecule has 0 bridgehead atoms. The van der Waals surface area contributed by atoms with E-state index in [4.69, 9.17) is 0 Å². The molecule has 3 rings (SSSR count). The average molecular weight is 309 g/mol. The summed E-state index contributed by atoms with van der Waals surface area (Å²) in [5.41, 5.74) is 2.17. The summed E-state index contributed by atoms with van der Waals surface area (Å²) in [5, 5.41) is 3.39. The quantitative estimate of drug-likeness (QED) is 0.848. The Hall–Kier alpha value is -0.900. The molecule has 2 saturated heterocycles. The summed E-state index contributed by atoms with van der Waals surface area (Å²) in [6, 6.07) is 8.70. The minimum absolute atomic E-state index is 0. The fraction of sp³-hybridized carbons (Fsp3) is 0.588. The van der Waals surface area contributed by atoms with Gasteiger partial charge in [0.05, 0.1) is 0 Å². The van der Waals surface area contributed by atoms with Crippen molar-refractivity contribution in [3.05, 3.63) is 35.4 Å². The van der Waals surface area contributed by atoms with Crippen LogP contribution < -0.4 is 5.32 Å². The maximum Gasteiger partial charge on any atom is 0.164 e. The van der Waals surface area contributed by atoms with E-state index in [1.165, 1.54) is 44.3 Å².